The maximum absolute atomic E-state index is 5.48. The van der Waals surface area contributed by atoms with Gasteiger partial charge in [0.05, 0.1) is 172 Å². The van der Waals surface area contributed by atoms with E-state index in [2.05, 4.69) is 27.5 Å². The third-order valence-electron chi connectivity index (χ3n) is 5.37. The molecule has 0 aromatic heterocycles. The quantitative estimate of drug-likeness (QED) is 0.0503. The second-order valence-electron chi connectivity index (χ2n) is 9.45. The van der Waals surface area contributed by atoms with Crippen molar-refractivity contribution in [2.75, 3.05) is 197 Å². The van der Waals surface area contributed by atoms with Crippen LogP contribution in [0.25, 0.3) is 0 Å². The molecule has 0 aliphatic carbocycles. The van der Waals surface area contributed by atoms with Crippen molar-refractivity contribution in [3.63, 3.8) is 0 Å². The standard InChI is InChI=1S/C30H62INO13/c1-32(2)4-6-34-8-10-36-12-14-38-16-18-40-20-22-42-24-26-44-28-30-45-29-27-43-25-23-41-21-19-39-17-15-37-13-11-35-9-7-33-5-3-31/h3-30H2,1-2H3. The molecule has 0 saturated carbocycles. The Bertz CT molecular complexity index is 530. The van der Waals surface area contributed by atoms with Crippen LogP contribution in [0.5, 0.6) is 0 Å². The first-order valence-electron chi connectivity index (χ1n) is 16.0. The van der Waals surface area contributed by atoms with Gasteiger partial charge in [-0.25, -0.2) is 0 Å². The summed E-state index contributed by atoms with van der Waals surface area (Å²) < 4.78 is 71.8. The predicted molar refractivity (Wildman–Crippen MR) is 178 cm³/mol. The first-order chi connectivity index (χ1) is 22.3. The van der Waals surface area contributed by atoms with Gasteiger partial charge < -0.3 is 66.5 Å². The summed E-state index contributed by atoms with van der Waals surface area (Å²) in [4.78, 5) is 2.08. The minimum Gasteiger partial charge on any atom is -0.378 e. The molecule has 0 N–H and O–H groups in total. The van der Waals surface area contributed by atoms with E-state index in [0.29, 0.717) is 159 Å². The highest BCUT2D eigenvalue weighted by molar-refractivity contribution is 14.1. The SMILES string of the molecule is CN(C)CCOCCOCCOCCOCCOCCOCCOCCOCCOCCOCCOCCOCCOCCI. The lowest BCUT2D eigenvalue weighted by molar-refractivity contribution is -0.0290. The maximum Gasteiger partial charge on any atom is 0.0701 e. The first kappa shape index (κ1) is 45.2. The molecule has 272 valence electrons. The van der Waals surface area contributed by atoms with Crippen LogP contribution in [0.2, 0.25) is 0 Å². The number of alkyl halides is 1. The predicted octanol–water partition coefficient (Wildman–Crippen LogP) is 1.20. The third-order valence-corrected chi connectivity index (χ3v) is 5.81. The fraction of sp³-hybridized carbons (Fsp3) is 1.00. The largest absolute Gasteiger partial charge is 0.378 e. The highest BCUT2D eigenvalue weighted by Gasteiger charge is 1.97. The van der Waals surface area contributed by atoms with Crippen molar-refractivity contribution in [2.24, 2.45) is 0 Å². The van der Waals surface area contributed by atoms with Gasteiger partial charge in [-0.05, 0) is 14.1 Å². The number of ether oxygens (including phenoxy) is 13. The molecule has 0 saturated heterocycles. The van der Waals surface area contributed by atoms with E-state index in [4.69, 9.17) is 61.6 Å². The fourth-order valence-corrected chi connectivity index (χ4v) is 3.35. The summed E-state index contributed by atoms with van der Waals surface area (Å²) in [5.74, 6) is 0. The van der Waals surface area contributed by atoms with Crippen LogP contribution in [-0.4, -0.2) is 202 Å². The Labute approximate surface area is 285 Å². The van der Waals surface area contributed by atoms with Crippen LogP contribution < -0.4 is 0 Å². The molecule has 0 radical (unpaired) electrons. The Balaban J connectivity index is 3.04. The van der Waals surface area contributed by atoms with E-state index < -0.39 is 0 Å². The Morgan fingerprint density at radius 1 is 0.267 bits per heavy atom. The maximum atomic E-state index is 5.48. The molecule has 45 heavy (non-hydrogen) atoms. The van der Waals surface area contributed by atoms with Crippen molar-refractivity contribution >= 4 is 22.6 Å². The van der Waals surface area contributed by atoms with Gasteiger partial charge in [0.1, 0.15) is 0 Å². The Morgan fingerprint density at radius 3 is 0.578 bits per heavy atom. The van der Waals surface area contributed by atoms with Crippen LogP contribution in [-0.2, 0) is 61.6 Å². The number of nitrogens with zero attached hydrogens (tertiary/aromatic N) is 1. The molecular weight excluding hydrogens is 709 g/mol. The average Bonchev–Trinajstić information content (AvgIpc) is 3.03. The lowest BCUT2D eigenvalue weighted by atomic mass is 10.6. The molecule has 0 amide bonds. The normalized spacial score (nSPS) is 11.7. The molecule has 0 atom stereocenters. The van der Waals surface area contributed by atoms with Gasteiger partial charge in [-0.15, -0.1) is 0 Å². The molecule has 0 bridgehead atoms. The second kappa shape index (κ2) is 42.2. The highest BCUT2D eigenvalue weighted by atomic mass is 127. The molecule has 0 fully saturated rings. The molecule has 0 aromatic carbocycles. The van der Waals surface area contributed by atoms with Gasteiger partial charge in [0.25, 0.3) is 0 Å². The minimum atomic E-state index is 0.514. The Hall–Kier alpha value is 0.170. The zero-order chi connectivity index (χ0) is 32.6. The first-order valence-corrected chi connectivity index (χ1v) is 17.5. The molecule has 0 unspecified atom stereocenters. The number of rotatable bonds is 41. The Morgan fingerprint density at radius 2 is 0.422 bits per heavy atom. The lowest BCUT2D eigenvalue weighted by Gasteiger charge is -2.10. The van der Waals surface area contributed by atoms with Crippen LogP contribution in [0, 0.1) is 0 Å². The van der Waals surface area contributed by atoms with E-state index in [0.717, 1.165) is 24.2 Å². The zero-order valence-electron chi connectivity index (χ0n) is 27.9. The van der Waals surface area contributed by atoms with Crippen LogP contribution in [0.3, 0.4) is 0 Å². The van der Waals surface area contributed by atoms with Crippen molar-refractivity contribution in [3.05, 3.63) is 0 Å². The van der Waals surface area contributed by atoms with Gasteiger partial charge in [0.2, 0.25) is 0 Å². The molecule has 0 rings (SSSR count). The van der Waals surface area contributed by atoms with Crippen LogP contribution in [0.1, 0.15) is 0 Å². The molecule has 0 aliphatic rings. The van der Waals surface area contributed by atoms with Crippen molar-refractivity contribution in [1.29, 1.82) is 0 Å². The van der Waals surface area contributed by atoms with Crippen LogP contribution >= 0.6 is 22.6 Å². The van der Waals surface area contributed by atoms with E-state index in [1.807, 2.05) is 14.1 Å². The van der Waals surface area contributed by atoms with Gasteiger partial charge in [0, 0.05) is 11.0 Å². The van der Waals surface area contributed by atoms with Gasteiger partial charge in [-0.2, -0.15) is 0 Å². The molecule has 15 heteroatoms. The minimum absolute atomic E-state index is 0.514. The van der Waals surface area contributed by atoms with E-state index in [1.165, 1.54) is 0 Å². The lowest BCUT2D eigenvalue weighted by Crippen LogP contribution is -2.19. The third kappa shape index (κ3) is 44.2. The van der Waals surface area contributed by atoms with Crippen molar-refractivity contribution in [1.82, 2.24) is 4.90 Å². The van der Waals surface area contributed by atoms with Gasteiger partial charge >= 0.3 is 0 Å². The van der Waals surface area contributed by atoms with E-state index in [1.54, 1.807) is 0 Å². The number of halogens is 1. The molecule has 0 aliphatic heterocycles. The van der Waals surface area contributed by atoms with E-state index >= 15 is 0 Å². The second-order valence-corrected chi connectivity index (χ2v) is 10.5. The average molecular weight is 772 g/mol. The molecular formula is C30H62INO13. The van der Waals surface area contributed by atoms with Gasteiger partial charge in [0.15, 0.2) is 0 Å². The van der Waals surface area contributed by atoms with Gasteiger partial charge in [-0.3, -0.25) is 0 Å². The van der Waals surface area contributed by atoms with Crippen molar-refractivity contribution in [3.8, 4) is 0 Å². The zero-order valence-corrected chi connectivity index (χ0v) is 30.1. The van der Waals surface area contributed by atoms with E-state index in [-0.39, 0.29) is 0 Å². The summed E-state index contributed by atoms with van der Waals surface area (Å²) >= 11 is 2.28. The highest BCUT2D eigenvalue weighted by Crippen LogP contribution is 1.88. The summed E-state index contributed by atoms with van der Waals surface area (Å²) in [5, 5.41) is 0. The smallest absolute Gasteiger partial charge is 0.0701 e. The molecule has 0 spiro atoms. The molecule has 14 nitrogen and oxygen atoms in total. The molecule has 0 aromatic rings. The topological polar surface area (TPSA) is 123 Å². The fourth-order valence-electron chi connectivity index (χ4n) is 3.04. The van der Waals surface area contributed by atoms with Crippen molar-refractivity contribution in [2.45, 2.75) is 0 Å². The summed E-state index contributed by atoms with van der Waals surface area (Å²) in [6.45, 7) is 15.4. The Kier molecular flexibility index (Phi) is 42.4. The van der Waals surface area contributed by atoms with Crippen LogP contribution in [0.15, 0.2) is 0 Å². The van der Waals surface area contributed by atoms with Crippen molar-refractivity contribution < 1.29 is 61.6 Å². The molecule has 0 heterocycles. The number of hydrogen-bond acceptors (Lipinski definition) is 14. The summed E-state index contributed by atoms with van der Waals surface area (Å²) in [5.41, 5.74) is 0. The van der Waals surface area contributed by atoms with E-state index in [9.17, 15) is 0 Å². The number of likely N-dealkylation sites (N-methyl/N-ethyl adjacent to an activating group) is 1. The summed E-state index contributed by atoms with van der Waals surface area (Å²) in [6.07, 6.45) is 0. The monoisotopic (exact) mass is 771 g/mol. The van der Waals surface area contributed by atoms with Gasteiger partial charge in [-0.1, -0.05) is 22.6 Å². The summed E-state index contributed by atoms with van der Waals surface area (Å²) in [7, 11) is 4.04. The number of hydrogen-bond donors (Lipinski definition) is 0. The summed E-state index contributed by atoms with van der Waals surface area (Å²) in [6, 6.07) is 0. The van der Waals surface area contributed by atoms with Crippen LogP contribution in [0.4, 0.5) is 0 Å².